The molecule has 2 aliphatic heterocycles. The predicted octanol–water partition coefficient (Wildman–Crippen LogP) is 1.12. The summed E-state index contributed by atoms with van der Waals surface area (Å²) < 4.78 is 1.87. The first kappa shape index (κ1) is 17.6. The molecular formula is C17H29N5OS. The monoisotopic (exact) mass is 351 g/mol. The smallest absolute Gasteiger partial charge is 0.194 e. The van der Waals surface area contributed by atoms with E-state index in [1.807, 2.05) is 29.7 Å². The van der Waals surface area contributed by atoms with Crippen molar-refractivity contribution < 1.29 is 5.11 Å². The summed E-state index contributed by atoms with van der Waals surface area (Å²) in [6, 6.07) is 0. The zero-order chi connectivity index (χ0) is 17.0. The van der Waals surface area contributed by atoms with E-state index in [-0.39, 0.29) is 0 Å². The molecule has 24 heavy (non-hydrogen) atoms. The first-order valence-corrected chi connectivity index (χ1v) is 10.0. The van der Waals surface area contributed by atoms with E-state index in [1.54, 1.807) is 0 Å². The van der Waals surface area contributed by atoms with Crippen LogP contribution in [0, 0.1) is 5.92 Å². The van der Waals surface area contributed by atoms with Crippen LogP contribution in [0.15, 0.2) is 17.4 Å². The summed E-state index contributed by atoms with van der Waals surface area (Å²) in [5, 5.41) is 18.2. The normalized spacial score (nSPS) is 27.9. The number of aryl methyl sites for hydroxylation is 1. The average molecular weight is 352 g/mol. The Labute approximate surface area is 148 Å². The van der Waals surface area contributed by atoms with Crippen molar-refractivity contribution in [3.8, 4) is 0 Å². The van der Waals surface area contributed by atoms with Crippen LogP contribution in [0.2, 0.25) is 0 Å². The largest absolute Gasteiger partial charge is 0.387 e. The number of hydrogen-bond acceptors (Lipinski definition) is 4. The minimum atomic E-state index is -0.611. The Bertz CT molecular complexity index is 567. The Morgan fingerprint density at radius 2 is 2.46 bits per heavy atom. The van der Waals surface area contributed by atoms with Gasteiger partial charge in [0.15, 0.2) is 5.96 Å². The number of aliphatic imine (C=N–C) groups is 1. The zero-order valence-corrected chi connectivity index (χ0v) is 15.6. The Kier molecular flexibility index (Phi) is 5.71. The van der Waals surface area contributed by atoms with Gasteiger partial charge in [-0.3, -0.25) is 9.67 Å². The van der Waals surface area contributed by atoms with Gasteiger partial charge in [0.25, 0.3) is 0 Å². The Hall–Kier alpha value is -1.21. The lowest BCUT2D eigenvalue weighted by molar-refractivity contribution is 0.0776. The number of hydrogen-bond donors (Lipinski definition) is 2. The fraction of sp³-hybridized carbons (Fsp3) is 0.765. The number of aromatic nitrogens is 2. The summed E-state index contributed by atoms with van der Waals surface area (Å²) in [6.45, 7) is 5.51. The topological polar surface area (TPSA) is 65.7 Å². The second kappa shape index (κ2) is 7.78. The second-order valence-corrected chi connectivity index (χ2v) is 8.13. The van der Waals surface area contributed by atoms with E-state index in [2.05, 4.69) is 28.4 Å². The number of rotatable bonds is 5. The molecule has 2 aliphatic rings. The molecule has 2 unspecified atom stereocenters. The predicted molar refractivity (Wildman–Crippen MR) is 99.5 cm³/mol. The van der Waals surface area contributed by atoms with Gasteiger partial charge in [-0.1, -0.05) is 0 Å². The molecule has 1 aromatic heterocycles. The number of guanidine groups is 1. The number of thioether (sulfide) groups is 1. The maximum Gasteiger partial charge on any atom is 0.194 e. The van der Waals surface area contributed by atoms with Crippen LogP contribution in [-0.4, -0.2) is 69.0 Å². The third-order valence-electron chi connectivity index (χ3n) is 4.81. The van der Waals surface area contributed by atoms with Gasteiger partial charge in [0.05, 0.1) is 18.3 Å². The molecule has 2 fully saturated rings. The van der Waals surface area contributed by atoms with Gasteiger partial charge < -0.3 is 15.3 Å². The van der Waals surface area contributed by atoms with Crippen molar-refractivity contribution in [1.29, 1.82) is 0 Å². The Morgan fingerprint density at radius 1 is 1.58 bits per heavy atom. The van der Waals surface area contributed by atoms with Crippen LogP contribution in [-0.2, 0) is 13.5 Å². The maximum atomic E-state index is 10.5. The second-order valence-electron chi connectivity index (χ2n) is 7.02. The molecule has 0 aromatic carbocycles. The number of nitrogens with one attached hydrogen (secondary N) is 1. The lowest BCUT2D eigenvalue weighted by Crippen LogP contribution is -2.42. The molecule has 0 bridgehead atoms. The maximum absolute atomic E-state index is 10.5. The summed E-state index contributed by atoms with van der Waals surface area (Å²) in [5.41, 5.74) is 0.698. The number of nitrogens with zero attached hydrogens (tertiary/aromatic N) is 4. The third kappa shape index (κ3) is 4.45. The van der Waals surface area contributed by atoms with Crippen molar-refractivity contribution in [3.05, 3.63) is 18.0 Å². The van der Waals surface area contributed by atoms with Crippen molar-refractivity contribution in [1.82, 2.24) is 20.0 Å². The fourth-order valence-electron chi connectivity index (χ4n) is 3.47. The van der Waals surface area contributed by atoms with Crippen LogP contribution >= 0.6 is 11.8 Å². The molecule has 7 heteroatoms. The molecule has 0 saturated carbocycles. The van der Waals surface area contributed by atoms with Crippen molar-refractivity contribution in [2.24, 2.45) is 18.0 Å². The van der Waals surface area contributed by atoms with Gasteiger partial charge >= 0.3 is 0 Å². The van der Waals surface area contributed by atoms with E-state index in [0.717, 1.165) is 49.9 Å². The first-order valence-electron chi connectivity index (χ1n) is 8.89. The number of aliphatic hydroxyl groups is 1. The average Bonchev–Trinajstić information content (AvgIpc) is 3.27. The quantitative estimate of drug-likeness (QED) is 0.615. The molecule has 6 nitrogen and oxygen atoms in total. The minimum absolute atomic E-state index is 0.506. The lowest BCUT2D eigenvalue weighted by Gasteiger charge is -2.24. The van der Waals surface area contributed by atoms with Crippen molar-refractivity contribution >= 4 is 17.7 Å². The van der Waals surface area contributed by atoms with Gasteiger partial charge in [-0.15, -0.1) is 0 Å². The van der Waals surface area contributed by atoms with Crippen LogP contribution in [0.3, 0.4) is 0 Å². The Balaban J connectivity index is 1.57. The summed E-state index contributed by atoms with van der Waals surface area (Å²) in [7, 11) is 1.96. The van der Waals surface area contributed by atoms with Crippen LogP contribution in [0.5, 0.6) is 0 Å². The summed E-state index contributed by atoms with van der Waals surface area (Å²) in [6.07, 6.45) is 7.18. The van der Waals surface area contributed by atoms with Crippen molar-refractivity contribution in [2.75, 3.05) is 37.7 Å². The molecule has 3 heterocycles. The highest BCUT2D eigenvalue weighted by molar-refractivity contribution is 7.99. The SMILES string of the molecule is CCNC(=NCC1(O)CCSC1)N1CCC(Cc2cnn(C)c2)C1. The molecule has 2 saturated heterocycles. The van der Waals surface area contributed by atoms with Gasteiger partial charge in [-0.25, -0.2) is 0 Å². The first-order chi connectivity index (χ1) is 11.6. The van der Waals surface area contributed by atoms with E-state index in [4.69, 9.17) is 4.99 Å². The number of likely N-dealkylation sites (tertiary alicyclic amines) is 1. The standard InChI is InChI=1S/C17H29N5OS/c1-3-18-16(19-12-17(23)5-7-24-13-17)22-6-4-14(11-22)8-15-9-20-21(2)10-15/h9-10,14,23H,3-8,11-13H2,1-2H3,(H,18,19). The molecule has 2 atom stereocenters. The van der Waals surface area contributed by atoms with E-state index >= 15 is 0 Å². The Morgan fingerprint density at radius 3 is 3.12 bits per heavy atom. The highest BCUT2D eigenvalue weighted by Crippen LogP contribution is 2.28. The minimum Gasteiger partial charge on any atom is -0.387 e. The molecule has 0 amide bonds. The molecule has 3 rings (SSSR count). The van der Waals surface area contributed by atoms with Crippen molar-refractivity contribution in [3.63, 3.8) is 0 Å². The van der Waals surface area contributed by atoms with Gasteiger partial charge in [0, 0.05) is 38.6 Å². The van der Waals surface area contributed by atoms with Gasteiger partial charge in [0.2, 0.25) is 0 Å². The molecular weight excluding hydrogens is 322 g/mol. The van der Waals surface area contributed by atoms with Crippen LogP contribution in [0.4, 0.5) is 0 Å². The van der Waals surface area contributed by atoms with E-state index in [0.29, 0.717) is 12.5 Å². The zero-order valence-electron chi connectivity index (χ0n) is 14.7. The highest BCUT2D eigenvalue weighted by atomic mass is 32.2. The van der Waals surface area contributed by atoms with E-state index < -0.39 is 5.60 Å². The van der Waals surface area contributed by atoms with Gasteiger partial charge in [0.1, 0.15) is 0 Å². The van der Waals surface area contributed by atoms with Gasteiger partial charge in [-0.05, 0) is 43.4 Å². The summed E-state index contributed by atoms with van der Waals surface area (Å²) in [5.74, 6) is 3.44. The van der Waals surface area contributed by atoms with Crippen molar-refractivity contribution in [2.45, 2.75) is 31.8 Å². The third-order valence-corrected chi connectivity index (χ3v) is 6.04. The molecule has 1 aromatic rings. The molecule has 0 spiro atoms. The van der Waals surface area contributed by atoms with Crippen LogP contribution in [0.1, 0.15) is 25.3 Å². The van der Waals surface area contributed by atoms with Crippen LogP contribution in [0.25, 0.3) is 0 Å². The lowest BCUT2D eigenvalue weighted by atomic mass is 10.0. The summed E-state index contributed by atoms with van der Waals surface area (Å²) >= 11 is 1.82. The van der Waals surface area contributed by atoms with Gasteiger partial charge in [-0.2, -0.15) is 16.9 Å². The molecule has 0 aliphatic carbocycles. The molecule has 134 valence electrons. The molecule has 2 N–H and O–H groups in total. The highest BCUT2D eigenvalue weighted by Gasteiger charge is 2.32. The molecule has 0 radical (unpaired) electrons. The van der Waals surface area contributed by atoms with E-state index in [1.165, 1.54) is 12.0 Å². The van der Waals surface area contributed by atoms with Crippen LogP contribution < -0.4 is 5.32 Å². The van der Waals surface area contributed by atoms with E-state index in [9.17, 15) is 5.11 Å². The fourth-order valence-corrected chi connectivity index (χ4v) is 4.76. The summed E-state index contributed by atoms with van der Waals surface area (Å²) in [4.78, 5) is 7.09.